The fourth-order valence-corrected chi connectivity index (χ4v) is 3.15. The number of fused-ring (bicyclic) bond motifs is 1. The van der Waals surface area contributed by atoms with E-state index in [1.807, 2.05) is 37.3 Å². The lowest BCUT2D eigenvalue weighted by atomic mass is 9.79. The Bertz CT molecular complexity index is 831. The molecule has 3 aromatic rings. The molecule has 0 atom stereocenters. The number of aryl methyl sites for hydroxylation is 1. The summed E-state index contributed by atoms with van der Waals surface area (Å²) in [6.07, 6.45) is 3.32. The molecule has 24 heavy (non-hydrogen) atoms. The molecule has 0 aliphatic heterocycles. The Hall–Kier alpha value is -2.36. The summed E-state index contributed by atoms with van der Waals surface area (Å²) in [6.45, 7) is 8.62. The second-order valence-electron chi connectivity index (χ2n) is 7.15. The highest BCUT2D eigenvalue weighted by atomic mass is 16.3. The molecule has 0 bridgehead atoms. The van der Waals surface area contributed by atoms with Gasteiger partial charge in [-0.15, -0.1) is 15.0 Å². The second kappa shape index (κ2) is 6.27. The standard InChI is InChI=1S/C20H25N3O/c1-5-6-11-20(3,4)15-12-14(2)13-18(19(15)24)23-21-16-9-7-8-10-17(16)22-23/h7-10,12-13,24H,5-6,11H2,1-4H3. The fourth-order valence-electron chi connectivity index (χ4n) is 3.15. The molecule has 4 heteroatoms. The molecule has 1 aromatic heterocycles. The number of aromatic hydroxyl groups is 1. The lowest BCUT2D eigenvalue weighted by Crippen LogP contribution is -2.18. The largest absolute Gasteiger partial charge is 0.505 e. The SMILES string of the molecule is CCCCC(C)(C)c1cc(C)cc(-n2nc3ccccc3n2)c1O. The van der Waals surface area contributed by atoms with Gasteiger partial charge in [-0.1, -0.05) is 51.8 Å². The van der Waals surface area contributed by atoms with Gasteiger partial charge in [-0.3, -0.25) is 0 Å². The van der Waals surface area contributed by atoms with E-state index in [9.17, 15) is 5.11 Å². The molecule has 0 radical (unpaired) electrons. The molecule has 0 aliphatic carbocycles. The van der Waals surface area contributed by atoms with E-state index in [0.29, 0.717) is 5.69 Å². The molecule has 0 saturated heterocycles. The Morgan fingerprint density at radius 1 is 1.08 bits per heavy atom. The number of unbranched alkanes of at least 4 members (excludes halogenated alkanes) is 1. The number of phenolic OH excluding ortho intramolecular Hbond substituents is 1. The molecule has 0 amide bonds. The van der Waals surface area contributed by atoms with E-state index >= 15 is 0 Å². The van der Waals surface area contributed by atoms with Crippen molar-refractivity contribution in [3.05, 3.63) is 47.5 Å². The zero-order chi connectivity index (χ0) is 17.3. The lowest BCUT2D eigenvalue weighted by molar-refractivity contribution is 0.407. The molecule has 1 heterocycles. The third-order valence-corrected chi connectivity index (χ3v) is 4.62. The summed E-state index contributed by atoms with van der Waals surface area (Å²) in [7, 11) is 0. The van der Waals surface area contributed by atoms with Gasteiger partial charge in [0.25, 0.3) is 0 Å². The zero-order valence-electron chi connectivity index (χ0n) is 14.9. The fraction of sp³-hybridized carbons (Fsp3) is 0.400. The maximum atomic E-state index is 10.9. The Balaban J connectivity index is 2.12. The van der Waals surface area contributed by atoms with Crippen LogP contribution in [-0.2, 0) is 5.41 Å². The third-order valence-electron chi connectivity index (χ3n) is 4.62. The van der Waals surface area contributed by atoms with Crippen molar-refractivity contribution in [2.24, 2.45) is 0 Å². The van der Waals surface area contributed by atoms with Crippen LogP contribution in [0.5, 0.6) is 5.75 Å². The Morgan fingerprint density at radius 3 is 2.29 bits per heavy atom. The van der Waals surface area contributed by atoms with Crippen LogP contribution in [0.15, 0.2) is 36.4 Å². The number of hydrogen-bond donors (Lipinski definition) is 1. The summed E-state index contributed by atoms with van der Waals surface area (Å²) in [4.78, 5) is 1.55. The van der Waals surface area contributed by atoms with Gasteiger partial charge < -0.3 is 5.11 Å². The summed E-state index contributed by atoms with van der Waals surface area (Å²) in [5.41, 5.74) is 4.27. The van der Waals surface area contributed by atoms with Crippen LogP contribution < -0.4 is 0 Å². The van der Waals surface area contributed by atoms with Crippen LogP contribution in [0.3, 0.4) is 0 Å². The zero-order valence-corrected chi connectivity index (χ0v) is 14.9. The molecule has 0 unspecified atom stereocenters. The number of benzene rings is 2. The molecular weight excluding hydrogens is 298 g/mol. The van der Waals surface area contributed by atoms with E-state index in [4.69, 9.17) is 0 Å². The first kappa shape index (κ1) is 16.5. The first-order chi connectivity index (χ1) is 11.4. The van der Waals surface area contributed by atoms with Crippen LogP contribution in [0, 0.1) is 6.92 Å². The van der Waals surface area contributed by atoms with E-state index in [2.05, 4.69) is 37.0 Å². The maximum Gasteiger partial charge on any atom is 0.146 e. The minimum Gasteiger partial charge on any atom is -0.505 e. The smallest absolute Gasteiger partial charge is 0.146 e. The van der Waals surface area contributed by atoms with Gasteiger partial charge in [-0.2, -0.15) is 0 Å². The normalized spacial score (nSPS) is 12.0. The van der Waals surface area contributed by atoms with Crippen molar-refractivity contribution < 1.29 is 5.11 Å². The van der Waals surface area contributed by atoms with Crippen molar-refractivity contribution in [1.29, 1.82) is 0 Å². The first-order valence-corrected chi connectivity index (χ1v) is 8.59. The van der Waals surface area contributed by atoms with Crippen molar-refractivity contribution in [3.8, 4) is 11.4 Å². The predicted octanol–water partition coefficient (Wildman–Crippen LogP) is 4.90. The van der Waals surface area contributed by atoms with Crippen LogP contribution in [0.2, 0.25) is 0 Å². The molecular formula is C20H25N3O. The van der Waals surface area contributed by atoms with Gasteiger partial charge in [0.2, 0.25) is 0 Å². The molecule has 2 aromatic carbocycles. The van der Waals surface area contributed by atoms with Gasteiger partial charge in [-0.05, 0) is 42.5 Å². The highest BCUT2D eigenvalue weighted by Crippen LogP contribution is 2.39. The predicted molar refractivity (Wildman–Crippen MR) is 97.8 cm³/mol. The Morgan fingerprint density at radius 2 is 1.71 bits per heavy atom. The number of rotatable bonds is 5. The number of aromatic nitrogens is 3. The Kier molecular flexibility index (Phi) is 4.31. The monoisotopic (exact) mass is 323 g/mol. The van der Waals surface area contributed by atoms with Crippen LogP contribution in [0.1, 0.15) is 51.2 Å². The van der Waals surface area contributed by atoms with E-state index in [1.165, 1.54) is 0 Å². The van der Waals surface area contributed by atoms with E-state index in [0.717, 1.165) is 41.4 Å². The van der Waals surface area contributed by atoms with Gasteiger partial charge >= 0.3 is 0 Å². The maximum absolute atomic E-state index is 10.9. The van der Waals surface area contributed by atoms with E-state index < -0.39 is 0 Å². The topological polar surface area (TPSA) is 50.9 Å². The number of nitrogens with zero attached hydrogens (tertiary/aromatic N) is 3. The molecule has 4 nitrogen and oxygen atoms in total. The summed E-state index contributed by atoms with van der Waals surface area (Å²) in [5, 5.41) is 20.0. The van der Waals surface area contributed by atoms with Gasteiger partial charge in [0.15, 0.2) is 0 Å². The lowest BCUT2D eigenvalue weighted by Gasteiger charge is -2.27. The summed E-state index contributed by atoms with van der Waals surface area (Å²) >= 11 is 0. The van der Waals surface area contributed by atoms with Gasteiger partial charge in [-0.25, -0.2) is 0 Å². The molecule has 0 saturated carbocycles. The van der Waals surface area contributed by atoms with E-state index in [1.54, 1.807) is 4.80 Å². The molecule has 3 rings (SSSR count). The quantitative estimate of drug-likeness (QED) is 0.726. The van der Waals surface area contributed by atoms with Crippen molar-refractivity contribution in [3.63, 3.8) is 0 Å². The first-order valence-electron chi connectivity index (χ1n) is 8.59. The van der Waals surface area contributed by atoms with E-state index in [-0.39, 0.29) is 11.2 Å². The minimum absolute atomic E-state index is 0.0898. The van der Waals surface area contributed by atoms with Crippen LogP contribution in [-0.4, -0.2) is 20.1 Å². The van der Waals surface area contributed by atoms with Crippen molar-refractivity contribution in [2.75, 3.05) is 0 Å². The summed E-state index contributed by atoms with van der Waals surface area (Å²) < 4.78 is 0. The minimum atomic E-state index is -0.0898. The third kappa shape index (κ3) is 3.01. The van der Waals surface area contributed by atoms with Crippen LogP contribution in [0.25, 0.3) is 16.7 Å². The summed E-state index contributed by atoms with van der Waals surface area (Å²) in [5.74, 6) is 0.280. The van der Waals surface area contributed by atoms with Gasteiger partial charge in [0.1, 0.15) is 22.5 Å². The van der Waals surface area contributed by atoms with Crippen molar-refractivity contribution in [2.45, 2.75) is 52.4 Å². The molecule has 0 aliphatic rings. The van der Waals surface area contributed by atoms with Crippen LogP contribution >= 0.6 is 0 Å². The Labute approximate surface area is 143 Å². The molecule has 0 spiro atoms. The summed E-state index contributed by atoms with van der Waals surface area (Å²) in [6, 6.07) is 11.8. The molecule has 0 fully saturated rings. The average molecular weight is 323 g/mol. The van der Waals surface area contributed by atoms with Crippen LogP contribution in [0.4, 0.5) is 0 Å². The number of hydrogen-bond acceptors (Lipinski definition) is 3. The second-order valence-corrected chi connectivity index (χ2v) is 7.15. The average Bonchev–Trinajstić information content (AvgIpc) is 2.98. The highest BCUT2D eigenvalue weighted by Gasteiger charge is 2.26. The molecule has 1 N–H and O–H groups in total. The highest BCUT2D eigenvalue weighted by molar-refractivity contribution is 5.73. The van der Waals surface area contributed by atoms with Gasteiger partial charge in [0.05, 0.1) is 0 Å². The van der Waals surface area contributed by atoms with Crippen molar-refractivity contribution >= 4 is 11.0 Å². The van der Waals surface area contributed by atoms with Gasteiger partial charge in [0, 0.05) is 5.56 Å². The number of phenols is 1. The van der Waals surface area contributed by atoms with Crippen molar-refractivity contribution in [1.82, 2.24) is 15.0 Å². The molecule has 126 valence electrons.